The van der Waals surface area contributed by atoms with Gasteiger partial charge in [-0.05, 0) is 13.3 Å². The maximum absolute atomic E-state index is 10.7. The molecule has 0 aromatic carbocycles. The van der Waals surface area contributed by atoms with Gasteiger partial charge in [-0.25, -0.2) is 4.79 Å². The molecule has 4 heteroatoms. The van der Waals surface area contributed by atoms with Crippen molar-refractivity contribution in [2.45, 2.75) is 38.9 Å². The number of carbonyl (C=O) groups is 1. The van der Waals surface area contributed by atoms with Gasteiger partial charge in [-0.2, -0.15) is 0 Å². The Hall–Kier alpha value is -0.770. The van der Waals surface area contributed by atoms with Gasteiger partial charge in [0.15, 0.2) is 0 Å². The quantitative estimate of drug-likeness (QED) is 0.667. The summed E-state index contributed by atoms with van der Waals surface area (Å²) < 4.78 is 4.86. The van der Waals surface area contributed by atoms with Crippen molar-refractivity contribution in [1.29, 1.82) is 0 Å². The van der Waals surface area contributed by atoms with E-state index in [4.69, 9.17) is 4.74 Å². The van der Waals surface area contributed by atoms with Crippen molar-refractivity contribution in [3.63, 3.8) is 0 Å². The van der Waals surface area contributed by atoms with E-state index >= 15 is 0 Å². The van der Waals surface area contributed by atoms with Crippen molar-refractivity contribution < 1.29 is 14.6 Å². The molecule has 0 fully saturated rings. The number of hydrogen-bond acceptors (Lipinski definition) is 3. The number of hydrogen-bond donors (Lipinski definition) is 2. The monoisotopic (exact) mass is 175 g/mol. The van der Waals surface area contributed by atoms with Crippen LogP contribution in [0.5, 0.6) is 0 Å². The second kappa shape index (κ2) is 5.83. The molecular formula is C8H17NO3. The smallest absolute Gasteiger partial charge is 0.407 e. The number of ether oxygens (including phenoxy) is 1. The summed E-state index contributed by atoms with van der Waals surface area (Å²) in [6, 6.07) is 0. The highest BCUT2D eigenvalue weighted by atomic mass is 16.6. The lowest BCUT2D eigenvalue weighted by atomic mass is 10.1. The molecule has 2 unspecified atom stereocenters. The van der Waals surface area contributed by atoms with Gasteiger partial charge in [-0.15, -0.1) is 0 Å². The second-order valence-electron chi connectivity index (χ2n) is 2.76. The number of aliphatic hydroxyl groups is 1. The van der Waals surface area contributed by atoms with Gasteiger partial charge in [0.25, 0.3) is 0 Å². The first-order valence-electron chi connectivity index (χ1n) is 4.16. The lowest BCUT2D eigenvalue weighted by Crippen LogP contribution is -2.26. The molecule has 0 bridgehead atoms. The zero-order valence-corrected chi connectivity index (χ0v) is 7.83. The highest BCUT2D eigenvalue weighted by Gasteiger charge is 2.11. The lowest BCUT2D eigenvalue weighted by molar-refractivity contribution is 0.0625. The van der Waals surface area contributed by atoms with Gasteiger partial charge in [-0.1, -0.05) is 6.92 Å². The predicted octanol–water partition coefficient (Wildman–Crippen LogP) is 0.892. The van der Waals surface area contributed by atoms with E-state index in [-0.39, 0.29) is 12.2 Å². The molecule has 4 nitrogen and oxygen atoms in total. The molecule has 0 rings (SSSR count). The van der Waals surface area contributed by atoms with E-state index in [2.05, 4.69) is 5.32 Å². The molecule has 2 atom stereocenters. The van der Waals surface area contributed by atoms with Crippen molar-refractivity contribution in [1.82, 2.24) is 5.32 Å². The van der Waals surface area contributed by atoms with Crippen LogP contribution in [0.1, 0.15) is 26.7 Å². The number of alkyl carbamates (subject to hydrolysis) is 1. The SMILES string of the molecule is CCC(O)CC(C)OC(=O)NC. The van der Waals surface area contributed by atoms with Crippen LogP contribution in [0, 0.1) is 0 Å². The van der Waals surface area contributed by atoms with E-state index in [9.17, 15) is 9.90 Å². The summed E-state index contributed by atoms with van der Waals surface area (Å²) in [5.74, 6) is 0. The topological polar surface area (TPSA) is 58.6 Å². The lowest BCUT2D eigenvalue weighted by Gasteiger charge is -2.15. The van der Waals surface area contributed by atoms with Crippen molar-refractivity contribution in [2.24, 2.45) is 0 Å². The second-order valence-corrected chi connectivity index (χ2v) is 2.76. The molecule has 0 heterocycles. The third-order valence-corrected chi connectivity index (χ3v) is 1.59. The van der Waals surface area contributed by atoms with Gasteiger partial charge in [0.05, 0.1) is 6.10 Å². The minimum Gasteiger partial charge on any atom is -0.446 e. The zero-order chi connectivity index (χ0) is 9.56. The molecule has 12 heavy (non-hydrogen) atoms. The molecule has 0 aliphatic carbocycles. The van der Waals surface area contributed by atoms with Crippen molar-refractivity contribution >= 4 is 6.09 Å². The molecule has 0 spiro atoms. The fourth-order valence-corrected chi connectivity index (χ4v) is 0.840. The molecule has 0 radical (unpaired) electrons. The van der Waals surface area contributed by atoms with Gasteiger partial charge in [-0.3, -0.25) is 0 Å². The largest absolute Gasteiger partial charge is 0.446 e. The third-order valence-electron chi connectivity index (χ3n) is 1.59. The van der Waals surface area contributed by atoms with E-state index in [1.807, 2.05) is 6.92 Å². The Morgan fingerprint density at radius 1 is 1.67 bits per heavy atom. The van der Waals surface area contributed by atoms with Crippen molar-refractivity contribution in [3.8, 4) is 0 Å². The van der Waals surface area contributed by atoms with E-state index in [0.717, 1.165) is 0 Å². The highest BCUT2D eigenvalue weighted by molar-refractivity contribution is 5.66. The summed E-state index contributed by atoms with van der Waals surface area (Å²) in [7, 11) is 1.51. The van der Waals surface area contributed by atoms with Crippen LogP contribution in [-0.4, -0.2) is 30.5 Å². The van der Waals surface area contributed by atoms with Gasteiger partial charge < -0.3 is 15.2 Å². The summed E-state index contributed by atoms with van der Waals surface area (Å²) in [4.78, 5) is 10.7. The Bertz CT molecular complexity index is 138. The van der Waals surface area contributed by atoms with Crippen LogP contribution in [0.4, 0.5) is 4.79 Å². The van der Waals surface area contributed by atoms with Gasteiger partial charge >= 0.3 is 6.09 Å². The number of amides is 1. The molecule has 0 saturated heterocycles. The molecule has 0 aromatic heterocycles. The summed E-state index contributed by atoms with van der Waals surface area (Å²) >= 11 is 0. The summed E-state index contributed by atoms with van der Waals surface area (Å²) in [5.41, 5.74) is 0. The van der Waals surface area contributed by atoms with Crippen molar-refractivity contribution in [2.75, 3.05) is 7.05 Å². The number of rotatable bonds is 4. The molecular weight excluding hydrogens is 158 g/mol. The van der Waals surface area contributed by atoms with Crippen LogP contribution in [0.3, 0.4) is 0 Å². The van der Waals surface area contributed by atoms with E-state index in [1.165, 1.54) is 7.05 Å². The normalized spacial score (nSPS) is 15.0. The van der Waals surface area contributed by atoms with Crippen LogP contribution < -0.4 is 5.32 Å². The van der Waals surface area contributed by atoms with Crippen LogP contribution in [0.2, 0.25) is 0 Å². The minimum absolute atomic E-state index is 0.236. The molecule has 0 aromatic rings. The Kier molecular flexibility index (Phi) is 5.45. The fourth-order valence-electron chi connectivity index (χ4n) is 0.840. The third kappa shape index (κ3) is 4.96. The summed E-state index contributed by atoms with van der Waals surface area (Å²) in [5, 5.41) is 11.5. The Labute approximate surface area is 72.9 Å². The standard InChI is InChI=1S/C8H17NO3/c1-4-7(10)5-6(2)12-8(11)9-3/h6-7,10H,4-5H2,1-3H3,(H,9,11). The maximum Gasteiger partial charge on any atom is 0.407 e. The highest BCUT2D eigenvalue weighted by Crippen LogP contribution is 2.04. The Morgan fingerprint density at radius 2 is 2.25 bits per heavy atom. The average Bonchev–Trinajstić information content (AvgIpc) is 2.03. The van der Waals surface area contributed by atoms with Gasteiger partial charge in [0, 0.05) is 13.5 Å². The molecule has 0 aliphatic heterocycles. The summed E-state index contributed by atoms with van der Waals surface area (Å²) in [6.45, 7) is 3.64. The van der Waals surface area contributed by atoms with E-state index in [1.54, 1.807) is 6.92 Å². The van der Waals surface area contributed by atoms with E-state index in [0.29, 0.717) is 12.8 Å². The van der Waals surface area contributed by atoms with Crippen LogP contribution in [0.25, 0.3) is 0 Å². The number of aliphatic hydroxyl groups excluding tert-OH is 1. The predicted molar refractivity (Wildman–Crippen MR) is 45.9 cm³/mol. The maximum atomic E-state index is 10.7. The summed E-state index contributed by atoms with van der Waals surface area (Å²) in [6.07, 6.45) is 0.0982. The fraction of sp³-hybridized carbons (Fsp3) is 0.875. The van der Waals surface area contributed by atoms with Crippen molar-refractivity contribution in [3.05, 3.63) is 0 Å². The molecule has 72 valence electrons. The molecule has 0 saturated carbocycles. The zero-order valence-electron chi connectivity index (χ0n) is 7.83. The van der Waals surface area contributed by atoms with Crippen LogP contribution in [0.15, 0.2) is 0 Å². The average molecular weight is 175 g/mol. The van der Waals surface area contributed by atoms with Crippen LogP contribution >= 0.6 is 0 Å². The Balaban J connectivity index is 3.58. The van der Waals surface area contributed by atoms with Crippen LogP contribution in [-0.2, 0) is 4.74 Å². The first-order chi connectivity index (χ1) is 5.60. The Morgan fingerprint density at radius 3 is 2.67 bits per heavy atom. The molecule has 0 aliphatic rings. The minimum atomic E-state index is -0.453. The molecule has 1 amide bonds. The number of carbonyl (C=O) groups excluding carboxylic acids is 1. The number of nitrogens with one attached hydrogen (secondary N) is 1. The van der Waals surface area contributed by atoms with Gasteiger partial charge in [0.2, 0.25) is 0 Å². The van der Waals surface area contributed by atoms with Gasteiger partial charge in [0.1, 0.15) is 6.10 Å². The first-order valence-corrected chi connectivity index (χ1v) is 4.16. The van der Waals surface area contributed by atoms with E-state index < -0.39 is 6.09 Å². The first kappa shape index (κ1) is 11.2. The molecule has 2 N–H and O–H groups in total.